The van der Waals surface area contributed by atoms with E-state index >= 15 is 0 Å². The van der Waals surface area contributed by atoms with Crippen molar-refractivity contribution in [3.05, 3.63) is 24.3 Å². The molecule has 1 rings (SSSR count). The Balaban J connectivity index is 2.32. The summed E-state index contributed by atoms with van der Waals surface area (Å²) in [5.41, 5.74) is 0. The summed E-state index contributed by atoms with van der Waals surface area (Å²) in [6.07, 6.45) is 24.2. The molecule has 0 aromatic rings. The van der Waals surface area contributed by atoms with Gasteiger partial charge in [0.05, 0.1) is 18.8 Å². The first-order chi connectivity index (χ1) is 24.8. The maximum absolute atomic E-state index is 12.5. The number of Topliss-reactive ketones (excluding diaryl/α,β-unsaturated/α-hetero) is 1. The van der Waals surface area contributed by atoms with Crippen LogP contribution in [-0.2, 0) is 32.9 Å². The molecule has 5 atom stereocenters. The lowest BCUT2D eigenvalue weighted by atomic mass is 9.90. The largest absolute Gasteiger partial charge is 0.469 e. The molecule has 1 saturated carbocycles. The second kappa shape index (κ2) is 29.5. The third-order valence-corrected chi connectivity index (χ3v) is 10.0. The van der Waals surface area contributed by atoms with Crippen LogP contribution in [0.15, 0.2) is 24.3 Å². The monoisotopic (exact) mass is 758 g/mol. The summed E-state index contributed by atoms with van der Waals surface area (Å²) < 4.78 is 26.3. The minimum atomic E-state index is -4.82. The Morgan fingerprint density at radius 3 is 2.04 bits per heavy atom. The number of ether oxygens (including phenoxy) is 2. The summed E-state index contributed by atoms with van der Waals surface area (Å²) in [4.78, 5) is 55.4. The van der Waals surface area contributed by atoms with E-state index in [1.54, 1.807) is 12.2 Å². The van der Waals surface area contributed by atoms with Crippen molar-refractivity contribution < 1.29 is 52.9 Å². The van der Waals surface area contributed by atoms with Crippen LogP contribution in [0.25, 0.3) is 0 Å². The van der Waals surface area contributed by atoms with Crippen LogP contribution in [0.1, 0.15) is 162 Å². The van der Waals surface area contributed by atoms with E-state index in [4.69, 9.17) is 19.3 Å². The van der Waals surface area contributed by atoms with Crippen molar-refractivity contribution in [1.29, 1.82) is 0 Å². The van der Waals surface area contributed by atoms with Gasteiger partial charge >= 0.3 is 19.8 Å². The summed E-state index contributed by atoms with van der Waals surface area (Å²) in [5.74, 6) is -1.05. The predicted octanol–water partition coefficient (Wildman–Crippen LogP) is 8.46. The Hall–Kier alpha value is -1.88. The lowest BCUT2D eigenvalue weighted by Gasteiger charge is -2.18. The SMILES string of the molecule is CCCCC[C@H](O)/C=C/[C@H]1C(=O)C[C@H](O)[C@@H]1C/C=C\CCCC(=O)O[C@H](COC(=O)CCCCCCCCCCCCCC(C)C)COP(=O)(O)O. The van der Waals surface area contributed by atoms with Crippen LogP contribution in [0.5, 0.6) is 0 Å². The van der Waals surface area contributed by atoms with Gasteiger partial charge in [-0.15, -0.1) is 0 Å². The third kappa shape index (κ3) is 26.0. The van der Waals surface area contributed by atoms with Crippen LogP contribution in [0.2, 0.25) is 0 Å². The van der Waals surface area contributed by atoms with Crippen molar-refractivity contribution in [3.63, 3.8) is 0 Å². The van der Waals surface area contributed by atoms with E-state index in [1.165, 1.54) is 51.4 Å². The van der Waals surface area contributed by atoms with Gasteiger partial charge in [0, 0.05) is 31.1 Å². The normalized spacial score (nSPS) is 19.2. The molecule has 0 amide bonds. The standard InChI is InChI=1S/C40H71O11P/c1-4-5-17-23-33(41)27-28-36-35(37(42)29-38(36)43)24-19-15-16-21-26-40(45)51-34(31-50-52(46,47)48)30-49-39(44)25-20-14-12-10-8-6-7-9-11-13-18-22-32(2)3/h15,19,27-28,32-37,41-42H,4-14,16-18,20-26,29-31H2,1-3H3,(H2,46,47,48)/b19-15-,28-27+/t33-,34+,35+,36+,37-/m0/s1. The van der Waals surface area contributed by atoms with Gasteiger partial charge < -0.3 is 29.5 Å². The van der Waals surface area contributed by atoms with Gasteiger partial charge in [0.15, 0.2) is 6.10 Å². The van der Waals surface area contributed by atoms with Gasteiger partial charge in [-0.3, -0.25) is 18.9 Å². The zero-order valence-electron chi connectivity index (χ0n) is 32.3. The number of ketones is 1. The fourth-order valence-electron chi connectivity index (χ4n) is 6.42. The molecule has 1 fully saturated rings. The molecule has 0 heterocycles. The van der Waals surface area contributed by atoms with Crippen LogP contribution in [-0.4, -0.2) is 69.2 Å². The van der Waals surface area contributed by atoms with Gasteiger partial charge in [-0.2, -0.15) is 0 Å². The minimum absolute atomic E-state index is 0.0226. The highest BCUT2D eigenvalue weighted by Crippen LogP contribution is 2.36. The van der Waals surface area contributed by atoms with Gasteiger partial charge in [0.1, 0.15) is 12.4 Å². The number of allylic oxidation sites excluding steroid dienone is 3. The Labute approximate surface area is 313 Å². The van der Waals surface area contributed by atoms with E-state index in [2.05, 4.69) is 25.3 Å². The number of unbranched alkanes of at least 4 members (excludes halogenated alkanes) is 13. The molecule has 0 aliphatic heterocycles. The van der Waals surface area contributed by atoms with Crippen molar-refractivity contribution in [1.82, 2.24) is 0 Å². The van der Waals surface area contributed by atoms with Gasteiger partial charge in [-0.25, -0.2) is 4.57 Å². The molecule has 0 unspecified atom stereocenters. The topological polar surface area (TPSA) is 177 Å². The van der Waals surface area contributed by atoms with Crippen molar-refractivity contribution in [2.75, 3.05) is 13.2 Å². The second-order valence-electron chi connectivity index (χ2n) is 14.9. The van der Waals surface area contributed by atoms with E-state index < -0.39 is 50.6 Å². The lowest BCUT2D eigenvalue weighted by Crippen LogP contribution is -2.29. The van der Waals surface area contributed by atoms with Crippen molar-refractivity contribution in [2.24, 2.45) is 17.8 Å². The van der Waals surface area contributed by atoms with Crippen LogP contribution in [0.3, 0.4) is 0 Å². The number of hydrogen-bond acceptors (Lipinski definition) is 9. The number of aliphatic hydroxyl groups is 2. The Bertz CT molecular complexity index is 1070. The molecule has 4 N–H and O–H groups in total. The van der Waals surface area contributed by atoms with E-state index in [1.807, 2.05) is 12.2 Å². The zero-order chi connectivity index (χ0) is 38.6. The van der Waals surface area contributed by atoms with E-state index in [9.17, 15) is 29.2 Å². The Morgan fingerprint density at radius 1 is 0.827 bits per heavy atom. The smallest absolute Gasteiger partial charge is 0.462 e. The molecule has 52 heavy (non-hydrogen) atoms. The lowest BCUT2D eigenvalue weighted by molar-refractivity contribution is -0.161. The molecule has 12 heteroatoms. The van der Waals surface area contributed by atoms with Crippen LogP contribution in [0, 0.1) is 17.8 Å². The number of hydrogen-bond donors (Lipinski definition) is 4. The number of aliphatic hydroxyl groups excluding tert-OH is 2. The highest BCUT2D eigenvalue weighted by molar-refractivity contribution is 7.46. The second-order valence-corrected chi connectivity index (χ2v) is 16.1. The molecule has 1 aliphatic rings. The number of carbonyl (C=O) groups is 3. The molecule has 0 bridgehead atoms. The first-order valence-corrected chi connectivity index (χ1v) is 21.6. The number of phosphoric acid groups is 1. The summed E-state index contributed by atoms with van der Waals surface area (Å²) in [5, 5.41) is 20.6. The molecular weight excluding hydrogens is 687 g/mol. The van der Waals surface area contributed by atoms with E-state index in [0.29, 0.717) is 32.1 Å². The Kier molecular flexibility index (Phi) is 27.3. The van der Waals surface area contributed by atoms with Gasteiger partial charge in [0.25, 0.3) is 0 Å². The van der Waals surface area contributed by atoms with Crippen molar-refractivity contribution >= 4 is 25.5 Å². The quantitative estimate of drug-likeness (QED) is 0.0224. The van der Waals surface area contributed by atoms with Crippen LogP contribution in [0.4, 0.5) is 0 Å². The fourth-order valence-corrected chi connectivity index (χ4v) is 6.78. The minimum Gasteiger partial charge on any atom is -0.462 e. The molecule has 0 aromatic carbocycles. The zero-order valence-corrected chi connectivity index (χ0v) is 33.2. The molecule has 0 aromatic heterocycles. The van der Waals surface area contributed by atoms with Crippen LogP contribution >= 0.6 is 7.82 Å². The van der Waals surface area contributed by atoms with Gasteiger partial charge in [-0.1, -0.05) is 135 Å². The average molecular weight is 759 g/mol. The van der Waals surface area contributed by atoms with E-state index in [0.717, 1.165) is 44.4 Å². The first-order valence-electron chi connectivity index (χ1n) is 20.1. The Morgan fingerprint density at radius 2 is 1.42 bits per heavy atom. The van der Waals surface area contributed by atoms with Gasteiger partial charge in [-0.05, 0) is 38.0 Å². The molecule has 0 spiro atoms. The molecule has 302 valence electrons. The van der Waals surface area contributed by atoms with Crippen molar-refractivity contribution in [2.45, 2.75) is 180 Å². The average Bonchev–Trinajstić information content (AvgIpc) is 3.35. The highest BCUT2D eigenvalue weighted by atomic mass is 31.2. The van der Waals surface area contributed by atoms with E-state index in [-0.39, 0.29) is 37.6 Å². The highest BCUT2D eigenvalue weighted by Gasteiger charge is 2.39. The third-order valence-electron chi connectivity index (χ3n) is 9.53. The first kappa shape index (κ1) is 48.1. The molecule has 11 nitrogen and oxygen atoms in total. The summed E-state index contributed by atoms with van der Waals surface area (Å²) >= 11 is 0. The molecule has 0 radical (unpaired) electrons. The maximum atomic E-state index is 12.5. The maximum Gasteiger partial charge on any atom is 0.469 e. The number of carbonyl (C=O) groups excluding carboxylic acids is 3. The number of esters is 2. The van der Waals surface area contributed by atoms with Crippen molar-refractivity contribution in [3.8, 4) is 0 Å². The summed E-state index contributed by atoms with van der Waals surface area (Å²) in [7, 11) is -4.82. The number of phosphoric ester groups is 1. The predicted molar refractivity (Wildman–Crippen MR) is 203 cm³/mol. The van der Waals surface area contributed by atoms with Crippen LogP contribution < -0.4 is 0 Å². The molecular formula is C40H71O11P. The summed E-state index contributed by atoms with van der Waals surface area (Å²) in [6, 6.07) is 0. The summed E-state index contributed by atoms with van der Waals surface area (Å²) in [6.45, 7) is 5.66. The number of rotatable bonds is 32. The molecule has 0 saturated heterocycles. The molecule has 1 aliphatic carbocycles. The van der Waals surface area contributed by atoms with Gasteiger partial charge in [0.2, 0.25) is 0 Å². The fraction of sp³-hybridized carbons (Fsp3) is 0.825.